The van der Waals surface area contributed by atoms with Gasteiger partial charge in [-0.05, 0) is 33.0 Å². The van der Waals surface area contributed by atoms with Crippen molar-refractivity contribution in [1.29, 1.82) is 0 Å². The molecule has 1 rings (SSSR count). The maximum atomic E-state index is 3.59. The van der Waals surface area contributed by atoms with Crippen LogP contribution in [0.15, 0.2) is 0 Å². The van der Waals surface area contributed by atoms with Crippen LogP contribution in [-0.4, -0.2) is 49.1 Å². The quantitative estimate of drug-likeness (QED) is 0.675. The van der Waals surface area contributed by atoms with Crippen LogP contribution in [0.5, 0.6) is 0 Å². The maximum absolute atomic E-state index is 3.59. The molecular weight excluding hydrogens is 204 g/mol. The third-order valence-electron chi connectivity index (χ3n) is 3.00. The smallest absolute Gasteiger partial charge is 0.0170 e. The summed E-state index contributed by atoms with van der Waals surface area (Å²) in [5.74, 6) is 2.60. The number of nitrogens with one attached hydrogen (secondary N) is 1. The first-order valence-corrected chi connectivity index (χ1v) is 7.48. The predicted molar refractivity (Wildman–Crippen MR) is 70.8 cm³/mol. The molecule has 1 N–H and O–H groups in total. The van der Waals surface area contributed by atoms with Crippen LogP contribution < -0.4 is 5.32 Å². The Morgan fingerprint density at radius 3 is 2.87 bits per heavy atom. The SMILES string of the molecule is CCCCCN(C)CCC1CSCCN1. The average molecular weight is 230 g/mol. The highest BCUT2D eigenvalue weighted by atomic mass is 32.2. The number of hydrogen-bond acceptors (Lipinski definition) is 3. The first-order valence-electron chi connectivity index (χ1n) is 6.32. The molecule has 0 saturated carbocycles. The zero-order valence-corrected chi connectivity index (χ0v) is 11.1. The van der Waals surface area contributed by atoms with E-state index >= 15 is 0 Å². The summed E-state index contributed by atoms with van der Waals surface area (Å²) in [5, 5.41) is 3.59. The normalized spacial score (nSPS) is 22.2. The Kier molecular flexibility index (Phi) is 7.49. The molecule has 0 radical (unpaired) electrons. The summed E-state index contributed by atoms with van der Waals surface area (Å²) in [6.45, 7) is 5.99. The zero-order chi connectivity index (χ0) is 10.9. The summed E-state index contributed by atoms with van der Waals surface area (Å²) in [6.07, 6.45) is 5.38. The van der Waals surface area contributed by atoms with Gasteiger partial charge in [0.05, 0.1) is 0 Å². The summed E-state index contributed by atoms with van der Waals surface area (Å²) in [6, 6.07) is 0.761. The van der Waals surface area contributed by atoms with Crippen molar-refractivity contribution in [2.45, 2.75) is 38.6 Å². The molecule has 1 atom stereocenters. The Hall–Kier alpha value is 0.270. The molecule has 0 aliphatic carbocycles. The van der Waals surface area contributed by atoms with Gasteiger partial charge in [0.25, 0.3) is 0 Å². The van der Waals surface area contributed by atoms with Crippen molar-refractivity contribution in [3.05, 3.63) is 0 Å². The van der Waals surface area contributed by atoms with Gasteiger partial charge in [0.15, 0.2) is 0 Å². The molecule has 1 unspecified atom stereocenters. The summed E-state index contributed by atoms with van der Waals surface area (Å²) in [7, 11) is 2.26. The molecule has 0 spiro atoms. The van der Waals surface area contributed by atoms with Crippen molar-refractivity contribution in [1.82, 2.24) is 10.2 Å². The third kappa shape index (κ3) is 6.44. The minimum absolute atomic E-state index is 0.761. The summed E-state index contributed by atoms with van der Waals surface area (Å²) in [5.41, 5.74) is 0. The fourth-order valence-corrected chi connectivity index (χ4v) is 2.92. The van der Waals surface area contributed by atoms with Crippen molar-refractivity contribution < 1.29 is 0 Å². The predicted octanol–water partition coefficient (Wildman–Crippen LogP) is 2.20. The Labute approximate surface area is 99.2 Å². The van der Waals surface area contributed by atoms with E-state index in [0.29, 0.717) is 0 Å². The molecule has 1 saturated heterocycles. The fourth-order valence-electron chi connectivity index (χ4n) is 1.92. The van der Waals surface area contributed by atoms with E-state index in [9.17, 15) is 0 Å². The molecule has 90 valence electrons. The van der Waals surface area contributed by atoms with Crippen LogP contribution >= 0.6 is 11.8 Å². The zero-order valence-electron chi connectivity index (χ0n) is 10.3. The number of hydrogen-bond donors (Lipinski definition) is 1. The van der Waals surface area contributed by atoms with Crippen LogP contribution in [0.4, 0.5) is 0 Å². The van der Waals surface area contributed by atoms with Gasteiger partial charge in [-0.1, -0.05) is 19.8 Å². The molecule has 0 aromatic rings. The lowest BCUT2D eigenvalue weighted by atomic mass is 10.2. The highest BCUT2D eigenvalue weighted by Crippen LogP contribution is 2.10. The summed E-state index contributed by atoms with van der Waals surface area (Å²) < 4.78 is 0. The molecule has 1 aliphatic heterocycles. The minimum atomic E-state index is 0.761. The lowest BCUT2D eigenvalue weighted by Gasteiger charge is -2.25. The largest absolute Gasteiger partial charge is 0.312 e. The van der Waals surface area contributed by atoms with E-state index in [1.165, 1.54) is 56.8 Å². The van der Waals surface area contributed by atoms with E-state index in [-0.39, 0.29) is 0 Å². The van der Waals surface area contributed by atoms with Gasteiger partial charge >= 0.3 is 0 Å². The van der Waals surface area contributed by atoms with Gasteiger partial charge in [0.1, 0.15) is 0 Å². The van der Waals surface area contributed by atoms with Gasteiger partial charge in [0.2, 0.25) is 0 Å². The van der Waals surface area contributed by atoms with E-state index in [1.807, 2.05) is 0 Å². The maximum Gasteiger partial charge on any atom is 0.0170 e. The van der Waals surface area contributed by atoms with Gasteiger partial charge in [0, 0.05) is 24.1 Å². The molecular formula is C12H26N2S. The lowest BCUT2D eigenvalue weighted by molar-refractivity contribution is 0.305. The molecule has 0 bridgehead atoms. The number of nitrogens with zero attached hydrogens (tertiary/aromatic N) is 1. The van der Waals surface area contributed by atoms with Crippen LogP contribution in [-0.2, 0) is 0 Å². The number of rotatable bonds is 7. The molecule has 1 fully saturated rings. The van der Waals surface area contributed by atoms with Crippen LogP contribution in [0.3, 0.4) is 0 Å². The van der Waals surface area contributed by atoms with Crippen molar-refractivity contribution in [3.63, 3.8) is 0 Å². The fraction of sp³-hybridized carbons (Fsp3) is 1.00. The van der Waals surface area contributed by atoms with Gasteiger partial charge in [-0.15, -0.1) is 0 Å². The second-order valence-electron chi connectivity index (χ2n) is 4.53. The molecule has 0 aromatic heterocycles. The standard InChI is InChI=1S/C12H26N2S/c1-3-4-5-8-14(2)9-6-12-11-15-10-7-13-12/h12-13H,3-11H2,1-2H3. The highest BCUT2D eigenvalue weighted by Gasteiger charge is 2.12. The Morgan fingerprint density at radius 1 is 1.33 bits per heavy atom. The second kappa shape index (κ2) is 8.43. The molecule has 0 aromatic carbocycles. The number of unbranched alkanes of at least 4 members (excludes halogenated alkanes) is 2. The lowest BCUT2D eigenvalue weighted by Crippen LogP contribution is -2.39. The number of thioether (sulfide) groups is 1. The Morgan fingerprint density at radius 2 is 2.20 bits per heavy atom. The van der Waals surface area contributed by atoms with Crippen LogP contribution in [0.1, 0.15) is 32.6 Å². The van der Waals surface area contributed by atoms with Crippen LogP contribution in [0.2, 0.25) is 0 Å². The van der Waals surface area contributed by atoms with Crippen LogP contribution in [0, 0.1) is 0 Å². The van der Waals surface area contributed by atoms with E-state index in [4.69, 9.17) is 0 Å². The van der Waals surface area contributed by atoms with Crippen LogP contribution in [0.25, 0.3) is 0 Å². The van der Waals surface area contributed by atoms with E-state index < -0.39 is 0 Å². The second-order valence-corrected chi connectivity index (χ2v) is 5.67. The van der Waals surface area contributed by atoms with Gasteiger partial charge in [-0.25, -0.2) is 0 Å². The Bertz CT molecular complexity index is 147. The van der Waals surface area contributed by atoms with E-state index in [2.05, 4.69) is 35.9 Å². The molecule has 0 amide bonds. The topological polar surface area (TPSA) is 15.3 Å². The van der Waals surface area contributed by atoms with Crippen molar-refractivity contribution in [2.75, 3.05) is 38.2 Å². The molecule has 2 nitrogen and oxygen atoms in total. The average Bonchev–Trinajstić information content (AvgIpc) is 2.28. The monoisotopic (exact) mass is 230 g/mol. The Balaban J connectivity index is 1.97. The third-order valence-corrected chi connectivity index (χ3v) is 4.13. The first-order chi connectivity index (χ1) is 7.33. The highest BCUT2D eigenvalue weighted by molar-refractivity contribution is 7.99. The van der Waals surface area contributed by atoms with E-state index in [0.717, 1.165) is 6.04 Å². The van der Waals surface area contributed by atoms with E-state index in [1.54, 1.807) is 0 Å². The molecule has 15 heavy (non-hydrogen) atoms. The van der Waals surface area contributed by atoms with Gasteiger partial charge in [-0.3, -0.25) is 0 Å². The summed E-state index contributed by atoms with van der Waals surface area (Å²) >= 11 is 2.10. The van der Waals surface area contributed by atoms with Gasteiger partial charge in [-0.2, -0.15) is 11.8 Å². The van der Waals surface area contributed by atoms with Crippen molar-refractivity contribution >= 4 is 11.8 Å². The van der Waals surface area contributed by atoms with Crippen molar-refractivity contribution in [2.24, 2.45) is 0 Å². The molecule has 1 heterocycles. The minimum Gasteiger partial charge on any atom is -0.312 e. The first kappa shape index (κ1) is 13.3. The molecule has 3 heteroatoms. The summed E-state index contributed by atoms with van der Waals surface area (Å²) in [4.78, 5) is 2.48. The molecule has 1 aliphatic rings. The van der Waals surface area contributed by atoms with Gasteiger partial charge < -0.3 is 10.2 Å². The van der Waals surface area contributed by atoms with Crippen molar-refractivity contribution in [3.8, 4) is 0 Å².